The van der Waals surface area contributed by atoms with E-state index in [1.54, 1.807) is 26.0 Å². The van der Waals surface area contributed by atoms with Crippen LogP contribution in [0.15, 0.2) is 29.1 Å². The number of carbonyl (C=O) groups is 1. The van der Waals surface area contributed by atoms with Gasteiger partial charge in [0.05, 0.1) is 6.61 Å². The van der Waals surface area contributed by atoms with Crippen LogP contribution in [0.1, 0.15) is 13.8 Å². The highest BCUT2D eigenvalue weighted by Gasteiger charge is 2.16. The first-order valence-electron chi connectivity index (χ1n) is 7.58. The van der Waals surface area contributed by atoms with Gasteiger partial charge in [-0.05, 0) is 38.1 Å². The van der Waals surface area contributed by atoms with Crippen LogP contribution in [0.2, 0.25) is 0 Å². The summed E-state index contributed by atoms with van der Waals surface area (Å²) in [7, 11) is 0. The number of nitriles is 1. The minimum atomic E-state index is -0.744. The van der Waals surface area contributed by atoms with Crippen LogP contribution in [-0.4, -0.2) is 22.2 Å². The summed E-state index contributed by atoms with van der Waals surface area (Å²) in [4.78, 5) is 24.4. The number of aromatic hydroxyl groups is 1. The Morgan fingerprint density at radius 1 is 1.40 bits per heavy atom. The van der Waals surface area contributed by atoms with Crippen molar-refractivity contribution in [1.82, 2.24) is 4.57 Å². The third-order valence-corrected chi connectivity index (χ3v) is 4.40. The lowest BCUT2D eigenvalue weighted by atomic mass is 10.3. The molecule has 0 unspecified atom stereocenters. The monoisotopic (exact) mass is 359 g/mol. The fourth-order valence-corrected chi connectivity index (χ4v) is 3.16. The van der Waals surface area contributed by atoms with Gasteiger partial charge in [-0.15, -0.1) is 11.3 Å². The molecule has 2 rings (SSSR count). The predicted molar refractivity (Wildman–Crippen MR) is 95.4 cm³/mol. The Labute approximate surface area is 147 Å². The van der Waals surface area contributed by atoms with Gasteiger partial charge in [0.15, 0.2) is 5.57 Å². The quantitative estimate of drug-likeness (QED) is 0.602. The van der Waals surface area contributed by atoms with E-state index in [2.05, 4.69) is 5.32 Å². The number of nitrogens with zero attached hydrogens (tertiary/aromatic N) is 2. The number of rotatable bonds is 5. The summed E-state index contributed by atoms with van der Waals surface area (Å²) in [5.74, 6) is -0.605. The largest absolute Gasteiger partial charge is 0.508 e. The van der Waals surface area contributed by atoms with Crippen LogP contribution in [0.4, 0.5) is 5.69 Å². The number of hydrogen-bond acceptors (Lipinski definition) is 7. The molecule has 1 aromatic heterocycles. The van der Waals surface area contributed by atoms with E-state index >= 15 is 0 Å². The fraction of sp³-hybridized carbons (Fsp3) is 0.235. The summed E-state index contributed by atoms with van der Waals surface area (Å²) in [5.41, 5.74) is 0.200. The lowest BCUT2D eigenvalue weighted by Crippen LogP contribution is -2.32. The van der Waals surface area contributed by atoms with Crippen LogP contribution >= 0.6 is 11.3 Å². The molecule has 25 heavy (non-hydrogen) atoms. The molecule has 1 heterocycles. The van der Waals surface area contributed by atoms with E-state index in [1.165, 1.54) is 22.9 Å². The molecule has 0 bridgehead atoms. The summed E-state index contributed by atoms with van der Waals surface area (Å²) in [6.45, 7) is 3.87. The van der Waals surface area contributed by atoms with Crippen LogP contribution in [0.5, 0.6) is 5.75 Å². The van der Waals surface area contributed by atoms with Crippen LogP contribution in [0.25, 0.3) is 11.8 Å². The molecule has 2 N–H and O–H groups in total. The van der Waals surface area contributed by atoms with Gasteiger partial charge < -0.3 is 15.2 Å². The van der Waals surface area contributed by atoms with Crippen molar-refractivity contribution in [2.24, 2.45) is 0 Å². The zero-order valence-electron chi connectivity index (χ0n) is 13.8. The van der Waals surface area contributed by atoms with Gasteiger partial charge in [-0.25, -0.2) is 4.79 Å². The van der Waals surface area contributed by atoms with Crippen LogP contribution in [-0.2, 0) is 16.1 Å². The summed E-state index contributed by atoms with van der Waals surface area (Å²) < 4.78 is 6.87. The number of phenols is 1. The Balaban J connectivity index is 2.55. The molecule has 0 atom stereocenters. The van der Waals surface area contributed by atoms with E-state index in [4.69, 9.17) is 4.74 Å². The highest BCUT2D eigenvalue weighted by Crippen LogP contribution is 2.13. The topological polar surface area (TPSA) is 104 Å². The third kappa shape index (κ3) is 4.08. The van der Waals surface area contributed by atoms with Crippen molar-refractivity contribution in [1.29, 1.82) is 5.26 Å². The normalized spacial score (nSPS) is 12.4. The maximum atomic E-state index is 12.5. The summed E-state index contributed by atoms with van der Waals surface area (Å²) >= 11 is 1.04. The fourth-order valence-electron chi connectivity index (χ4n) is 2.08. The number of ether oxygens (including phenoxy) is 1. The van der Waals surface area contributed by atoms with Crippen molar-refractivity contribution in [3.05, 3.63) is 43.8 Å². The first-order valence-corrected chi connectivity index (χ1v) is 8.40. The molecule has 0 aliphatic carbocycles. The summed E-state index contributed by atoms with van der Waals surface area (Å²) in [6.07, 6.45) is 1.51. The number of aromatic nitrogens is 1. The summed E-state index contributed by atoms with van der Waals surface area (Å²) in [6, 6.07) is 8.18. The molecule has 0 aliphatic heterocycles. The molecule has 0 aliphatic rings. The van der Waals surface area contributed by atoms with Gasteiger partial charge in [-0.1, -0.05) is 0 Å². The number of benzene rings is 1. The minimum absolute atomic E-state index is 0.139. The molecule has 1 aromatic carbocycles. The Hall–Kier alpha value is -3.05. The molecule has 0 spiro atoms. The van der Waals surface area contributed by atoms with Gasteiger partial charge >= 0.3 is 5.97 Å². The van der Waals surface area contributed by atoms with Crippen LogP contribution in [0, 0.1) is 11.3 Å². The standard InChI is InChI=1S/C17H17N3O4S/c1-3-20-15(22)14(10-19-11-5-7-12(21)8-6-11)25-16(20)13(9-18)17(23)24-4-2/h5-8,10,19,21H,3-4H2,1-2H3. The minimum Gasteiger partial charge on any atom is -0.508 e. The highest BCUT2D eigenvalue weighted by molar-refractivity contribution is 7.07. The first-order chi connectivity index (χ1) is 12.0. The zero-order chi connectivity index (χ0) is 18.4. The highest BCUT2D eigenvalue weighted by atomic mass is 32.1. The van der Waals surface area contributed by atoms with Gasteiger partial charge in [0, 0.05) is 18.4 Å². The average Bonchev–Trinajstić information content (AvgIpc) is 2.91. The molecule has 0 saturated heterocycles. The second kappa shape index (κ2) is 8.17. The zero-order valence-corrected chi connectivity index (χ0v) is 14.6. The van der Waals surface area contributed by atoms with E-state index in [0.29, 0.717) is 16.8 Å². The van der Waals surface area contributed by atoms with E-state index in [-0.39, 0.29) is 28.2 Å². The molecule has 0 saturated carbocycles. The number of nitrogens with one attached hydrogen (secondary N) is 1. The molecule has 0 amide bonds. The molecular formula is C17H17N3O4S. The maximum absolute atomic E-state index is 12.5. The molecule has 130 valence electrons. The van der Waals surface area contributed by atoms with Crippen LogP contribution in [0.3, 0.4) is 0 Å². The smallest absolute Gasteiger partial charge is 0.351 e. The van der Waals surface area contributed by atoms with Gasteiger partial charge in [-0.2, -0.15) is 5.26 Å². The van der Waals surface area contributed by atoms with E-state index in [9.17, 15) is 20.0 Å². The second-order valence-corrected chi connectivity index (χ2v) is 5.89. The van der Waals surface area contributed by atoms with Crippen LogP contribution < -0.4 is 20.1 Å². The Morgan fingerprint density at radius 3 is 2.64 bits per heavy atom. The number of phenolic OH excluding ortho intramolecular Hbond substituents is 1. The lowest BCUT2D eigenvalue weighted by Gasteiger charge is -2.00. The van der Waals surface area contributed by atoms with Gasteiger partial charge in [0.2, 0.25) is 0 Å². The van der Waals surface area contributed by atoms with Gasteiger partial charge in [0.25, 0.3) is 5.56 Å². The Bertz CT molecular complexity index is 981. The SMILES string of the molecule is CCOC(=O)C(C#N)=c1sc(=CNc2ccc(O)cc2)c(=O)n1CC. The Morgan fingerprint density at radius 2 is 2.08 bits per heavy atom. The van der Waals surface area contributed by atoms with Crippen molar-refractivity contribution < 1.29 is 14.6 Å². The van der Waals surface area contributed by atoms with E-state index in [1.807, 2.05) is 6.07 Å². The molecule has 7 nitrogen and oxygen atoms in total. The average molecular weight is 359 g/mol. The lowest BCUT2D eigenvalue weighted by molar-refractivity contribution is -0.136. The molecular weight excluding hydrogens is 342 g/mol. The van der Waals surface area contributed by atoms with Crippen molar-refractivity contribution in [3.63, 3.8) is 0 Å². The summed E-state index contributed by atoms with van der Waals surface area (Å²) in [5, 5.41) is 21.5. The van der Waals surface area contributed by atoms with Crippen molar-refractivity contribution in [2.45, 2.75) is 20.4 Å². The number of thiazole rings is 1. The van der Waals surface area contributed by atoms with Crippen molar-refractivity contribution in [2.75, 3.05) is 11.9 Å². The van der Waals surface area contributed by atoms with E-state index < -0.39 is 5.97 Å². The molecule has 8 heteroatoms. The Kier molecular flexibility index (Phi) is 5.98. The number of carbonyl (C=O) groups excluding carboxylic acids is 1. The molecule has 0 fully saturated rings. The number of anilines is 1. The molecule has 0 radical (unpaired) electrons. The molecule has 2 aromatic rings. The first kappa shape index (κ1) is 18.3. The number of hydrogen-bond donors (Lipinski definition) is 2. The number of esters is 1. The van der Waals surface area contributed by atoms with E-state index in [0.717, 1.165) is 11.3 Å². The third-order valence-electron chi connectivity index (χ3n) is 3.27. The van der Waals surface area contributed by atoms with Crippen molar-refractivity contribution >= 4 is 34.8 Å². The second-order valence-electron chi connectivity index (χ2n) is 4.86. The maximum Gasteiger partial charge on any atom is 0.351 e. The van der Waals surface area contributed by atoms with Gasteiger partial charge in [0.1, 0.15) is 21.0 Å². The van der Waals surface area contributed by atoms with Gasteiger partial charge in [-0.3, -0.25) is 9.36 Å². The predicted octanol–water partition coefficient (Wildman–Crippen LogP) is 0.723. The van der Waals surface area contributed by atoms with Crippen molar-refractivity contribution in [3.8, 4) is 11.8 Å².